The molecule has 0 bridgehead atoms. The van der Waals surface area contributed by atoms with E-state index in [1.807, 2.05) is 30.3 Å². The van der Waals surface area contributed by atoms with Crippen LogP contribution in [-0.4, -0.2) is 20.5 Å². The Morgan fingerprint density at radius 1 is 1.24 bits per heavy atom. The molecule has 0 saturated heterocycles. The molecule has 0 aliphatic heterocycles. The quantitative estimate of drug-likeness (QED) is 0.460. The number of fused-ring (bicyclic) bond motifs is 1. The molecule has 0 unspecified atom stereocenters. The first kappa shape index (κ1) is 20.9. The number of hydrogen-bond donors (Lipinski definition) is 2. The molecule has 1 aliphatic carbocycles. The molecule has 1 saturated carbocycles. The van der Waals surface area contributed by atoms with Gasteiger partial charge in [0.15, 0.2) is 23.0 Å². The first-order valence-electron chi connectivity index (χ1n) is 10.8. The van der Waals surface area contributed by atoms with Crippen molar-refractivity contribution in [2.45, 2.75) is 39.2 Å². The Bertz CT molecular complexity index is 1390. The van der Waals surface area contributed by atoms with Gasteiger partial charge in [0, 0.05) is 23.2 Å². The van der Waals surface area contributed by atoms with E-state index in [-0.39, 0.29) is 23.6 Å². The van der Waals surface area contributed by atoms with Gasteiger partial charge in [-0.25, -0.2) is 13.9 Å². The van der Waals surface area contributed by atoms with Gasteiger partial charge in [-0.3, -0.25) is 4.79 Å². The van der Waals surface area contributed by atoms with Crippen molar-refractivity contribution in [3.05, 3.63) is 76.5 Å². The van der Waals surface area contributed by atoms with E-state index < -0.39 is 11.7 Å². The smallest absolute Gasteiger partial charge is 0.254 e. The Hall–Kier alpha value is -3.94. The van der Waals surface area contributed by atoms with Crippen LogP contribution in [-0.2, 0) is 6.61 Å². The summed E-state index contributed by atoms with van der Waals surface area (Å²) >= 11 is 0. The number of aryl methyl sites for hydroxylation is 1. The number of benzene rings is 2. The number of rotatable bonds is 6. The SMILES string of the molecule is Cc1cc(F)c(OCc2ccccc2)c(C)c1-c1cn2nc(C3CC3)nc2c(C(N)=O)c1N. The van der Waals surface area contributed by atoms with Crippen LogP contribution in [0.25, 0.3) is 16.8 Å². The number of halogens is 1. The summed E-state index contributed by atoms with van der Waals surface area (Å²) < 4.78 is 22.3. The Labute approximate surface area is 190 Å². The van der Waals surface area contributed by atoms with Gasteiger partial charge in [0.1, 0.15) is 12.2 Å². The molecule has 0 spiro atoms. The molecular formula is C25H24FN5O2. The van der Waals surface area contributed by atoms with Crippen LogP contribution in [0.5, 0.6) is 5.75 Å². The number of anilines is 1. The van der Waals surface area contributed by atoms with Gasteiger partial charge in [-0.1, -0.05) is 30.3 Å². The fraction of sp³-hybridized carbons (Fsp3) is 0.240. The summed E-state index contributed by atoms with van der Waals surface area (Å²) in [6, 6.07) is 10.9. The van der Waals surface area contributed by atoms with Gasteiger partial charge in [0.25, 0.3) is 5.91 Å². The second-order valence-electron chi connectivity index (χ2n) is 8.49. The van der Waals surface area contributed by atoms with Crippen LogP contribution in [0.1, 0.15) is 51.6 Å². The lowest BCUT2D eigenvalue weighted by atomic mass is 9.93. The van der Waals surface area contributed by atoms with Gasteiger partial charge in [0.05, 0.1) is 5.69 Å². The summed E-state index contributed by atoms with van der Waals surface area (Å²) in [6.45, 7) is 3.78. The summed E-state index contributed by atoms with van der Waals surface area (Å²) in [6.07, 6.45) is 3.76. The van der Waals surface area contributed by atoms with E-state index in [0.29, 0.717) is 39.6 Å². The number of carbonyl (C=O) groups is 1. The summed E-state index contributed by atoms with van der Waals surface area (Å²) in [5, 5.41) is 4.56. The minimum Gasteiger partial charge on any atom is -0.486 e. The topological polar surface area (TPSA) is 109 Å². The van der Waals surface area contributed by atoms with Crippen LogP contribution >= 0.6 is 0 Å². The second-order valence-corrected chi connectivity index (χ2v) is 8.49. The Balaban J connectivity index is 1.66. The third-order valence-corrected chi connectivity index (χ3v) is 6.04. The first-order chi connectivity index (χ1) is 15.8. The Morgan fingerprint density at radius 3 is 2.64 bits per heavy atom. The number of nitrogens with zero attached hydrogens (tertiary/aromatic N) is 3. The highest BCUT2D eigenvalue weighted by Gasteiger charge is 2.30. The van der Waals surface area contributed by atoms with Gasteiger partial charge in [0.2, 0.25) is 0 Å². The van der Waals surface area contributed by atoms with E-state index in [0.717, 1.165) is 18.4 Å². The molecule has 4 N–H and O–H groups in total. The van der Waals surface area contributed by atoms with Gasteiger partial charge < -0.3 is 16.2 Å². The number of hydrogen-bond acceptors (Lipinski definition) is 5. The van der Waals surface area contributed by atoms with E-state index in [4.69, 9.17) is 16.2 Å². The largest absolute Gasteiger partial charge is 0.486 e. The summed E-state index contributed by atoms with van der Waals surface area (Å²) in [4.78, 5) is 16.9. The molecular weight excluding hydrogens is 421 g/mol. The highest BCUT2D eigenvalue weighted by molar-refractivity contribution is 6.07. The highest BCUT2D eigenvalue weighted by atomic mass is 19.1. The van der Waals surface area contributed by atoms with E-state index in [9.17, 15) is 9.18 Å². The van der Waals surface area contributed by atoms with Crippen molar-refractivity contribution in [1.82, 2.24) is 14.6 Å². The molecule has 7 nitrogen and oxygen atoms in total. The molecule has 2 aromatic carbocycles. The average Bonchev–Trinajstić information content (AvgIpc) is 3.54. The van der Waals surface area contributed by atoms with E-state index in [1.54, 1.807) is 24.6 Å². The number of nitrogen functional groups attached to an aromatic ring is 1. The van der Waals surface area contributed by atoms with Crippen molar-refractivity contribution in [3.8, 4) is 16.9 Å². The zero-order valence-corrected chi connectivity index (χ0v) is 18.4. The number of nitrogens with two attached hydrogens (primary N) is 2. The summed E-state index contributed by atoms with van der Waals surface area (Å²) in [5.41, 5.74) is 16.1. The number of carbonyl (C=O) groups excluding carboxylic acids is 1. The normalized spacial score (nSPS) is 13.4. The lowest BCUT2D eigenvalue weighted by Gasteiger charge is -2.19. The van der Waals surface area contributed by atoms with Crippen molar-refractivity contribution in [1.29, 1.82) is 0 Å². The average molecular weight is 445 g/mol. The predicted molar refractivity (Wildman–Crippen MR) is 124 cm³/mol. The van der Waals surface area contributed by atoms with Crippen molar-refractivity contribution >= 4 is 17.2 Å². The lowest BCUT2D eigenvalue weighted by molar-refractivity contribution is 0.100. The molecule has 1 aliphatic rings. The molecule has 33 heavy (non-hydrogen) atoms. The van der Waals surface area contributed by atoms with Crippen LogP contribution in [0.15, 0.2) is 42.6 Å². The van der Waals surface area contributed by atoms with Gasteiger partial charge >= 0.3 is 0 Å². The zero-order valence-electron chi connectivity index (χ0n) is 18.4. The number of pyridine rings is 1. The molecule has 2 heterocycles. The minimum atomic E-state index is -0.688. The highest BCUT2D eigenvalue weighted by Crippen LogP contribution is 2.41. The lowest BCUT2D eigenvalue weighted by Crippen LogP contribution is -2.17. The van der Waals surface area contributed by atoms with Crippen LogP contribution in [0.4, 0.5) is 10.1 Å². The van der Waals surface area contributed by atoms with E-state index >= 15 is 0 Å². The van der Waals surface area contributed by atoms with Crippen LogP contribution in [0.3, 0.4) is 0 Å². The predicted octanol–water partition coefficient (Wildman–Crippen LogP) is 4.29. The molecule has 8 heteroatoms. The Morgan fingerprint density at radius 2 is 1.97 bits per heavy atom. The molecule has 1 fully saturated rings. The molecule has 4 aromatic rings. The monoisotopic (exact) mass is 445 g/mol. The second kappa shape index (κ2) is 7.88. The van der Waals surface area contributed by atoms with E-state index in [1.165, 1.54) is 6.07 Å². The van der Waals surface area contributed by atoms with Crippen LogP contribution in [0, 0.1) is 19.7 Å². The third-order valence-electron chi connectivity index (χ3n) is 6.04. The van der Waals surface area contributed by atoms with Crippen molar-refractivity contribution < 1.29 is 13.9 Å². The number of amides is 1. The fourth-order valence-corrected chi connectivity index (χ4v) is 4.24. The molecule has 2 aromatic heterocycles. The summed E-state index contributed by atoms with van der Waals surface area (Å²) in [7, 11) is 0. The van der Waals surface area contributed by atoms with Crippen LogP contribution < -0.4 is 16.2 Å². The standard InChI is InChI=1S/C25H24FN5O2/c1-13-10-18(26)22(33-12-15-6-4-3-5-7-15)14(2)19(13)17-11-31-25(20(21(17)27)23(28)32)29-24(30-31)16-8-9-16/h3-7,10-11,16H,8-9,12,27H2,1-2H3,(H2,28,32). The maximum Gasteiger partial charge on any atom is 0.254 e. The fourth-order valence-electron chi connectivity index (χ4n) is 4.24. The minimum absolute atomic E-state index is 0.113. The number of aromatic nitrogens is 3. The maximum atomic E-state index is 14.9. The van der Waals surface area contributed by atoms with Crippen molar-refractivity contribution in [3.63, 3.8) is 0 Å². The van der Waals surface area contributed by atoms with Gasteiger partial charge in [-0.05, 0) is 49.4 Å². The molecule has 1 amide bonds. The number of primary amides is 1. The molecule has 0 atom stereocenters. The molecule has 0 radical (unpaired) electrons. The molecule has 168 valence electrons. The first-order valence-corrected chi connectivity index (χ1v) is 10.8. The van der Waals surface area contributed by atoms with Crippen LogP contribution in [0.2, 0.25) is 0 Å². The summed E-state index contributed by atoms with van der Waals surface area (Å²) in [5.74, 6) is -0.0452. The maximum absolute atomic E-state index is 14.9. The number of ether oxygens (including phenoxy) is 1. The third kappa shape index (κ3) is 3.67. The van der Waals surface area contributed by atoms with Gasteiger partial charge in [-0.2, -0.15) is 5.10 Å². The van der Waals surface area contributed by atoms with E-state index in [2.05, 4.69) is 10.1 Å². The van der Waals surface area contributed by atoms with Crippen molar-refractivity contribution in [2.24, 2.45) is 5.73 Å². The Kier molecular flexibility index (Phi) is 5.00. The zero-order chi connectivity index (χ0) is 23.3. The molecule has 5 rings (SSSR count). The van der Waals surface area contributed by atoms with Crippen molar-refractivity contribution in [2.75, 3.05) is 5.73 Å². The van der Waals surface area contributed by atoms with Gasteiger partial charge in [-0.15, -0.1) is 0 Å².